The Hall–Kier alpha value is -3.27. The Balaban J connectivity index is 1.56. The lowest BCUT2D eigenvalue weighted by Crippen LogP contribution is -2.44. The number of aryl methyl sites for hydroxylation is 2. The first-order valence-electron chi connectivity index (χ1n) is 9.67. The van der Waals surface area contributed by atoms with Crippen LogP contribution in [0.4, 0.5) is 4.39 Å². The molecule has 162 valence electrons. The van der Waals surface area contributed by atoms with Gasteiger partial charge in [0.15, 0.2) is 9.84 Å². The predicted molar refractivity (Wildman–Crippen MR) is 113 cm³/mol. The van der Waals surface area contributed by atoms with Gasteiger partial charge in [0.25, 0.3) is 5.91 Å². The Morgan fingerprint density at radius 2 is 1.84 bits per heavy atom. The molecule has 0 bridgehead atoms. The van der Waals surface area contributed by atoms with Crippen molar-refractivity contribution in [2.24, 2.45) is 7.05 Å². The molecule has 0 N–H and O–H groups in total. The van der Waals surface area contributed by atoms with E-state index in [2.05, 4.69) is 10.3 Å². The molecule has 1 fully saturated rings. The van der Waals surface area contributed by atoms with Crippen molar-refractivity contribution < 1.29 is 22.1 Å². The van der Waals surface area contributed by atoms with Gasteiger partial charge in [-0.1, -0.05) is 5.16 Å². The van der Waals surface area contributed by atoms with E-state index in [9.17, 15) is 17.6 Å². The molecule has 3 heterocycles. The summed E-state index contributed by atoms with van der Waals surface area (Å²) in [7, 11) is -1.40. The maximum Gasteiger partial charge on any atom is 0.272 e. The fourth-order valence-corrected chi connectivity index (χ4v) is 4.61. The summed E-state index contributed by atoms with van der Waals surface area (Å²) in [6.45, 7) is 2.13. The zero-order chi connectivity index (χ0) is 22.2. The first-order valence-corrected chi connectivity index (χ1v) is 11.5. The highest BCUT2D eigenvalue weighted by Crippen LogP contribution is 2.27. The van der Waals surface area contributed by atoms with Crippen molar-refractivity contribution in [2.45, 2.75) is 6.92 Å². The molecule has 10 heteroatoms. The number of hydrogen-bond donors (Lipinski definition) is 0. The molecule has 1 aromatic carbocycles. The van der Waals surface area contributed by atoms with Crippen LogP contribution in [0.1, 0.15) is 27.5 Å². The first-order chi connectivity index (χ1) is 14.7. The highest BCUT2D eigenvalue weighted by molar-refractivity contribution is 7.91. The van der Waals surface area contributed by atoms with Crippen LogP contribution in [0.15, 0.2) is 34.9 Å². The average Bonchev–Trinajstić information content (AvgIpc) is 3.28. The smallest absolute Gasteiger partial charge is 0.272 e. The molecule has 0 unspecified atom stereocenters. The van der Waals surface area contributed by atoms with Crippen molar-refractivity contribution in [1.29, 1.82) is 0 Å². The molecule has 0 radical (unpaired) electrons. The lowest BCUT2D eigenvalue weighted by atomic mass is 10.1. The van der Waals surface area contributed by atoms with Crippen molar-refractivity contribution >= 4 is 27.9 Å². The maximum atomic E-state index is 13.2. The summed E-state index contributed by atoms with van der Waals surface area (Å²) >= 11 is 0. The van der Waals surface area contributed by atoms with Crippen LogP contribution < -0.4 is 0 Å². The summed E-state index contributed by atoms with van der Waals surface area (Å²) in [5.41, 5.74) is 2.96. The largest absolute Gasteiger partial charge is 0.360 e. The van der Waals surface area contributed by atoms with Gasteiger partial charge in [0.05, 0.1) is 17.2 Å². The minimum absolute atomic E-state index is 0.0255. The van der Waals surface area contributed by atoms with Crippen molar-refractivity contribution in [3.05, 3.63) is 58.9 Å². The van der Waals surface area contributed by atoms with E-state index in [0.717, 1.165) is 11.1 Å². The molecule has 3 aromatic rings. The summed E-state index contributed by atoms with van der Waals surface area (Å²) in [5.74, 6) is -0.0435. The Morgan fingerprint density at radius 1 is 1.16 bits per heavy atom. The van der Waals surface area contributed by atoms with Gasteiger partial charge < -0.3 is 9.42 Å². The van der Waals surface area contributed by atoms with Crippen LogP contribution in [0.3, 0.4) is 0 Å². The maximum absolute atomic E-state index is 13.2. The number of rotatable bonds is 4. The molecule has 31 heavy (non-hydrogen) atoms. The second kappa shape index (κ2) is 8.10. The number of hydrogen-bond acceptors (Lipinski definition) is 6. The highest BCUT2D eigenvalue weighted by atomic mass is 32.2. The minimum Gasteiger partial charge on any atom is -0.360 e. The number of carbonyl (C=O) groups excluding carboxylic acids is 1. The lowest BCUT2D eigenvalue weighted by Gasteiger charge is -2.26. The number of halogens is 1. The van der Waals surface area contributed by atoms with Gasteiger partial charge in [-0.05, 0) is 49.4 Å². The average molecular weight is 444 g/mol. The van der Waals surface area contributed by atoms with Crippen LogP contribution in [0.5, 0.6) is 0 Å². The van der Waals surface area contributed by atoms with E-state index >= 15 is 0 Å². The summed E-state index contributed by atoms with van der Waals surface area (Å²) in [4.78, 5) is 14.3. The molecule has 0 saturated carbocycles. The van der Waals surface area contributed by atoms with Crippen LogP contribution >= 0.6 is 0 Å². The standard InChI is InChI=1S/C21H21FN4O4S/c1-14-18(20(24-30-14)15-3-5-16(22)6-4-15)8-7-17-13-19(25(2)23-17)21(27)26-9-11-31(28,29)12-10-26/h3-8,13H,9-12H2,1-2H3. The van der Waals surface area contributed by atoms with Crippen molar-refractivity contribution in [2.75, 3.05) is 24.6 Å². The van der Waals surface area contributed by atoms with Gasteiger partial charge in [0.1, 0.15) is 23.0 Å². The molecular weight excluding hydrogens is 423 g/mol. The molecule has 0 aliphatic carbocycles. The molecular formula is C21H21FN4O4S. The number of nitrogens with zero attached hydrogens (tertiary/aromatic N) is 4. The quantitative estimate of drug-likeness (QED) is 0.613. The van der Waals surface area contributed by atoms with Crippen LogP contribution in [-0.4, -0.2) is 58.8 Å². The van der Waals surface area contributed by atoms with E-state index in [4.69, 9.17) is 4.52 Å². The van der Waals surface area contributed by atoms with Crippen LogP contribution in [0.2, 0.25) is 0 Å². The number of benzene rings is 1. The van der Waals surface area contributed by atoms with Gasteiger partial charge in [-0.2, -0.15) is 5.10 Å². The third kappa shape index (κ3) is 4.43. The van der Waals surface area contributed by atoms with E-state index in [1.54, 1.807) is 44.3 Å². The minimum atomic E-state index is -3.07. The van der Waals surface area contributed by atoms with Crippen LogP contribution in [0, 0.1) is 12.7 Å². The topological polar surface area (TPSA) is 98.3 Å². The lowest BCUT2D eigenvalue weighted by molar-refractivity contribution is 0.0759. The van der Waals surface area contributed by atoms with Crippen LogP contribution in [0.25, 0.3) is 23.4 Å². The van der Waals surface area contributed by atoms with Gasteiger partial charge in [-0.15, -0.1) is 0 Å². The Bertz CT molecular complexity index is 1250. The second-order valence-electron chi connectivity index (χ2n) is 7.36. The highest BCUT2D eigenvalue weighted by Gasteiger charge is 2.27. The summed E-state index contributed by atoms with van der Waals surface area (Å²) in [6.07, 6.45) is 3.53. The van der Waals surface area contributed by atoms with E-state index in [1.807, 2.05) is 0 Å². The molecule has 1 amide bonds. The first kappa shape index (κ1) is 21.0. The molecule has 8 nitrogen and oxygen atoms in total. The van der Waals surface area contributed by atoms with Gasteiger partial charge in [-0.3, -0.25) is 9.48 Å². The summed E-state index contributed by atoms with van der Waals surface area (Å²) in [5, 5.41) is 8.43. The van der Waals surface area contributed by atoms with Gasteiger partial charge in [0.2, 0.25) is 0 Å². The Labute approximate surface area is 178 Å². The Kier molecular flexibility index (Phi) is 5.48. The normalized spacial score (nSPS) is 16.2. The van der Waals surface area contributed by atoms with E-state index < -0.39 is 9.84 Å². The molecule has 1 aliphatic rings. The van der Waals surface area contributed by atoms with Crippen molar-refractivity contribution in [3.63, 3.8) is 0 Å². The predicted octanol–water partition coefficient (Wildman–Crippen LogP) is 2.56. The molecule has 1 aliphatic heterocycles. The third-order valence-electron chi connectivity index (χ3n) is 5.20. The van der Waals surface area contributed by atoms with E-state index in [-0.39, 0.29) is 36.3 Å². The molecule has 0 atom stereocenters. The monoisotopic (exact) mass is 444 g/mol. The molecule has 2 aromatic heterocycles. The second-order valence-corrected chi connectivity index (χ2v) is 9.67. The number of aromatic nitrogens is 3. The summed E-state index contributed by atoms with van der Waals surface area (Å²) in [6, 6.07) is 7.62. The molecule has 0 spiro atoms. The zero-order valence-electron chi connectivity index (χ0n) is 17.1. The SMILES string of the molecule is Cc1onc(-c2ccc(F)cc2)c1C=Cc1cc(C(=O)N2CCS(=O)(=O)CC2)n(C)n1. The van der Waals surface area contributed by atoms with Gasteiger partial charge >= 0.3 is 0 Å². The number of amides is 1. The number of sulfone groups is 1. The van der Waals surface area contributed by atoms with Gasteiger partial charge in [0, 0.05) is 31.3 Å². The summed E-state index contributed by atoms with van der Waals surface area (Å²) < 4.78 is 43.2. The zero-order valence-corrected chi connectivity index (χ0v) is 17.9. The van der Waals surface area contributed by atoms with Crippen molar-refractivity contribution in [3.8, 4) is 11.3 Å². The van der Waals surface area contributed by atoms with E-state index in [1.165, 1.54) is 21.7 Å². The fourth-order valence-electron chi connectivity index (χ4n) is 3.41. The third-order valence-corrected chi connectivity index (χ3v) is 6.81. The molecule has 1 saturated heterocycles. The van der Waals surface area contributed by atoms with Gasteiger partial charge in [-0.25, -0.2) is 12.8 Å². The number of carbonyl (C=O) groups is 1. The van der Waals surface area contributed by atoms with E-state index in [0.29, 0.717) is 22.8 Å². The van der Waals surface area contributed by atoms with Crippen molar-refractivity contribution in [1.82, 2.24) is 19.8 Å². The van der Waals surface area contributed by atoms with Crippen LogP contribution in [-0.2, 0) is 16.9 Å². The molecule has 4 rings (SSSR count). The Morgan fingerprint density at radius 3 is 2.52 bits per heavy atom. The fraction of sp³-hybridized carbons (Fsp3) is 0.286.